The Bertz CT molecular complexity index is 1230. The van der Waals surface area contributed by atoms with Crippen LogP contribution >= 0.6 is 34.4 Å². The third kappa shape index (κ3) is 4.27. The number of fused-ring (bicyclic) bond motifs is 1. The maximum atomic E-state index is 14.5. The summed E-state index contributed by atoms with van der Waals surface area (Å²) in [5.41, 5.74) is 0.536. The lowest BCUT2D eigenvalue weighted by molar-refractivity contribution is 0.0858. The number of rotatable bonds is 8. The molecule has 1 fully saturated rings. The molecule has 8 nitrogen and oxygen atoms in total. The van der Waals surface area contributed by atoms with Crippen LogP contribution in [0, 0.1) is 16.3 Å². The van der Waals surface area contributed by atoms with Crippen molar-refractivity contribution in [3.63, 3.8) is 0 Å². The van der Waals surface area contributed by atoms with Crippen LogP contribution in [0.3, 0.4) is 0 Å². The first-order valence-corrected chi connectivity index (χ1v) is 13.6. The topological polar surface area (TPSA) is 121 Å². The minimum absolute atomic E-state index is 0.0888. The van der Waals surface area contributed by atoms with Gasteiger partial charge in [-0.15, -0.1) is 11.8 Å². The highest BCUT2D eigenvalue weighted by Gasteiger charge is 2.55. The van der Waals surface area contributed by atoms with Crippen LogP contribution in [-0.2, 0) is 16.6 Å². The molecule has 4 N–H and O–H groups in total. The zero-order valence-electron chi connectivity index (χ0n) is 17.2. The van der Waals surface area contributed by atoms with Gasteiger partial charge in [0.05, 0.1) is 28.8 Å². The summed E-state index contributed by atoms with van der Waals surface area (Å²) in [5.74, 6) is 0.0853. The lowest BCUT2D eigenvalue weighted by atomic mass is 10.2. The number of hydrogen-bond acceptors (Lipinski definition) is 7. The van der Waals surface area contributed by atoms with Gasteiger partial charge in [-0.1, -0.05) is 0 Å². The predicted molar refractivity (Wildman–Crippen MR) is 131 cm³/mol. The first-order valence-electron chi connectivity index (χ1n) is 10.0. The van der Waals surface area contributed by atoms with E-state index in [1.807, 2.05) is 22.6 Å². The van der Waals surface area contributed by atoms with E-state index in [0.717, 1.165) is 0 Å². The molecule has 0 spiro atoms. The SMILES string of the molecule is Cc1c(Nc2ccc(I)cc2F)c(NS(=O)(=O)C2(CC(O)CO)CC2)c2n(c1=O)CCS2. The largest absolute Gasteiger partial charge is 0.394 e. The highest BCUT2D eigenvalue weighted by molar-refractivity contribution is 14.1. The number of benzene rings is 1. The number of pyridine rings is 1. The summed E-state index contributed by atoms with van der Waals surface area (Å²) in [4.78, 5) is 12.9. The molecule has 0 amide bonds. The summed E-state index contributed by atoms with van der Waals surface area (Å²) < 4.78 is 44.9. The summed E-state index contributed by atoms with van der Waals surface area (Å²) in [6.07, 6.45) is -0.522. The van der Waals surface area contributed by atoms with Gasteiger partial charge in [0.25, 0.3) is 5.56 Å². The minimum atomic E-state index is -3.97. The molecular weight excluding hydrogens is 572 g/mol. The zero-order chi connectivity index (χ0) is 23.3. The van der Waals surface area contributed by atoms with Crippen molar-refractivity contribution in [1.82, 2.24) is 4.57 Å². The molecular formula is C20H23FIN3O5S2. The predicted octanol–water partition coefficient (Wildman–Crippen LogP) is 2.77. The van der Waals surface area contributed by atoms with Gasteiger partial charge in [-0.3, -0.25) is 9.52 Å². The van der Waals surface area contributed by atoms with Crippen molar-refractivity contribution in [3.8, 4) is 0 Å². The summed E-state index contributed by atoms with van der Waals surface area (Å²) in [6, 6.07) is 4.58. The standard InChI is InChI=1S/C20H23FIN3O5S2/c1-11-16(23-15-3-2-12(22)8-14(15)21)17(19-25(18(11)28)6-7-31-19)24-32(29,30)20(4-5-20)9-13(27)10-26/h2-3,8,13,23-24,26-27H,4-7,9-10H2,1H3. The molecule has 1 aliphatic heterocycles. The van der Waals surface area contributed by atoms with Crippen molar-refractivity contribution in [1.29, 1.82) is 0 Å². The molecule has 1 aliphatic carbocycles. The second-order valence-electron chi connectivity index (χ2n) is 8.06. The Balaban J connectivity index is 1.80. The maximum Gasteiger partial charge on any atom is 0.256 e. The van der Waals surface area contributed by atoms with E-state index in [1.54, 1.807) is 13.0 Å². The fourth-order valence-electron chi connectivity index (χ4n) is 3.85. The van der Waals surface area contributed by atoms with Crippen molar-refractivity contribution < 1.29 is 23.0 Å². The van der Waals surface area contributed by atoms with Crippen molar-refractivity contribution in [2.75, 3.05) is 22.4 Å². The summed E-state index contributed by atoms with van der Waals surface area (Å²) in [7, 11) is -3.97. The molecule has 4 rings (SSSR count). The van der Waals surface area contributed by atoms with Crippen molar-refractivity contribution in [2.45, 2.75) is 48.6 Å². The molecule has 12 heteroatoms. The van der Waals surface area contributed by atoms with E-state index in [2.05, 4.69) is 10.0 Å². The van der Waals surface area contributed by atoms with Crippen LogP contribution in [0.15, 0.2) is 28.0 Å². The van der Waals surface area contributed by atoms with E-state index in [9.17, 15) is 27.8 Å². The lowest BCUT2D eigenvalue weighted by Crippen LogP contribution is -2.35. The van der Waals surface area contributed by atoms with Crippen LogP contribution in [-0.4, -0.2) is 46.4 Å². The molecule has 1 saturated carbocycles. The normalized spacial score (nSPS) is 17.7. The number of aliphatic hydroxyl groups is 2. The highest BCUT2D eigenvalue weighted by Crippen LogP contribution is 2.49. The number of thioether (sulfide) groups is 1. The number of hydrogen-bond donors (Lipinski definition) is 4. The van der Waals surface area contributed by atoms with Crippen molar-refractivity contribution in [3.05, 3.63) is 43.5 Å². The van der Waals surface area contributed by atoms with Crippen LogP contribution in [0.2, 0.25) is 0 Å². The number of aliphatic hydroxyl groups excluding tert-OH is 2. The van der Waals surface area contributed by atoms with Gasteiger partial charge in [0.15, 0.2) is 0 Å². The number of sulfonamides is 1. The van der Waals surface area contributed by atoms with Gasteiger partial charge in [-0.2, -0.15) is 0 Å². The van der Waals surface area contributed by atoms with E-state index in [4.69, 9.17) is 0 Å². The second kappa shape index (κ2) is 8.78. The monoisotopic (exact) mass is 595 g/mol. The third-order valence-corrected chi connectivity index (χ3v) is 9.77. The molecule has 0 saturated heterocycles. The molecule has 1 aromatic heterocycles. The molecule has 2 aliphatic rings. The van der Waals surface area contributed by atoms with Crippen LogP contribution in [0.5, 0.6) is 0 Å². The summed E-state index contributed by atoms with van der Waals surface area (Å²) in [6.45, 7) is 1.49. The fourth-order valence-corrected chi connectivity index (χ4v) is 7.20. The van der Waals surface area contributed by atoms with Crippen LogP contribution < -0.4 is 15.6 Å². The average molecular weight is 595 g/mol. The molecule has 174 valence electrons. The first kappa shape index (κ1) is 23.8. The molecule has 1 atom stereocenters. The van der Waals surface area contributed by atoms with Gasteiger partial charge in [-0.25, -0.2) is 12.8 Å². The van der Waals surface area contributed by atoms with Crippen LogP contribution in [0.1, 0.15) is 24.8 Å². The molecule has 1 aromatic carbocycles. The third-order valence-electron chi connectivity index (χ3n) is 5.83. The Morgan fingerprint density at radius 2 is 2.06 bits per heavy atom. The summed E-state index contributed by atoms with van der Waals surface area (Å²) >= 11 is 3.34. The number of nitrogens with zero attached hydrogens (tertiary/aromatic N) is 1. The van der Waals surface area contributed by atoms with Crippen LogP contribution in [0.4, 0.5) is 21.5 Å². The summed E-state index contributed by atoms with van der Waals surface area (Å²) in [5, 5.41) is 22.4. The molecule has 0 radical (unpaired) electrons. The van der Waals surface area contributed by atoms with E-state index >= 15 is 0 Å². The molecule has 32 heavy (non-hydrogen) atoms. The molecule has 0 bridgehead atoms. The minimum Gasteiger partial charge on any atom is -0.394 e. The number of aromatic nitrogens is 1. The van der Waals surface area contributed by atoms with Crippen molar-refractivity contribution >= 4 is 61.4 Å². The fraction of sp³-hybridized carbons (Fsp3) is 0.450. The number of anilines is 3. The van der Waals surface area contributed by atoms with Gasteiger partial charge in [-0.05, 0) is 67.0 Å². The highest BCUT2D eigenvalue weighted by atomic mass is 127. The molecule has 2 aromatic rings. The number of halogens is 2. The van der Waals surface area contributed by atoms with E-state index in [0.29, 0.717) is 33.7 Å². The van der Waals surface area contributed by atoms with E-state index in [1.165, 1.54) is 28.5 Å². The van der Waals surface area contributed by atoms with Gasteiger partial charge >= 0.3 is 0 Å². The average Bonchev–Trinajstić information content (AvgIpc) is 3.36. The Hall–Kier alpha value is -1.35. The smallest absolute Gasteiger partial charge is 0.256 e. The van der Waals surface area contributed by atoms with Gasteiger partial charge in [0.1, 0.15) is 16.5 Å². The van der Waals surface area contributed by atoms with Gasteiger partial charge in [0.2, 0.25) is 10.0 Å². The zero-order valence-corrected chi connectivity index (χ0v) is 21.0. The Morgan fingerprint density at radius 1 is 1.34 bits per heavy atom. The molecule has 2 heterocycles. The number of nitrogens with one attached hydrogen (secondary N) is 2. The van der Waals surface area contributed by atoms with Gasteiger partial charge in [0, 0.05) is 21.4 Å². The Labute approximate surface area is 202 Å². The second-order valence-corrected chi connectivity index (χ2v) is 12.5. The Morgan fingerprint density at radius 3 is 2.69 bits per heavy atom. The van der Waals surface area contributed by atoms with E-state index in [-0.39, 0.29) is 34.6 Å². The Kier molecular flexibility index (Phi) is 6.53. The van der Waals surface area contributed by atoms with E-state index < -0.39 is 33.3 Å². The molecule has 1 unspecified atom stereocenters. The maximum absolute atomic E-state index is 14.5. The van der Waals surface area contributed by atoms with Crippen molar-refractivity contribution in [2.24, 2.45) is 0 Å². The van der Waals surface area contributed by atoms with Crippen LogP contribution in [0.25, 0.3) is 0 Å². The quantitative estimate of drug-likeness (QED) is 0.347. The first-order chi connectivity index (χ1) is 15.1. The van der Waals surface area contributed by atoms with Gasteiger partial charge < -0.3 is 20.1 Å². The lowest BCUT2D eigenvalue weighted by Gasteiger charge is -2.24.